The van der Waals surface area contributed by atoms with Crippen molar-refractivity contribution >= 4 is 23.1 Å². The molecule has 3 aromatic rings. The predicted octanol–water partition coefficient (Wildman–Crippen LogP) is 2.06. The molecule has 0 aliphatic rings. The van der Waals surface area contributed by atoms with Gasteiger partial charge in [-0.05, 0) is 17.5 Å². The number of aliphatic hydroxyl groups is 1. The number of nitriles is 1. The summed E-state index contributed by atoms with van der Waals surface area (Å²) in [6.45, 7) is 0.189. The van der Waals surface area contributed by atoms with Gasteiger partial charge in [0.15, 0.2) is 0 Å². The van der Waals surface area contributed by atoms with Crippen molar-refractivity contribution in [2.45, 2.75) is 6.54 Å². The smallest absolute Gasteiger partial charge is 0.258 e. The number of amides is 1. The van der Waals surface area contributed by atoms with Crippen LogP contribution in [0.25, 0.3) is 10.6 Å². The predicted molar refractivity (Wildman–Crippen MR) is 86.1 cm³/mol. The lowest BCUT2D eigenvalue weighted by atomic mass is 10.3. The molecule has 7 nitrogen and oxygen atoms in total. The van der Waals surface area contributed by atoms with E-state index in [1.54, 1.807) is 22.1 Å². The molecule has 0 saturated carbocycles. The lowest BCUT2D eigenvalue weighted by Gasteiger charge is -2.06. The highest BCUT2D eigenvalue weighted by atomic mass is 32.1. The Morgan fingerprint density at radius 2 is 2.39 bits per heavy atom. The molecule has 0 aliphatic carbocycles. The van der Waals surface area contributed by atoms with Crippen LogP contribution in [-0.4, -0.2) is 32.4 Å². The van der Waals surface area contributed by atoms with Gasteiger partial charge in [-0.1, -0.05) is 6.07 Å². The van der Waals surface area contributed by atoms with E-state index >= 15 is 0 Å². The molecule has 0 fully saturated rings. The van der Waals surface area contributed by atoms with E-state index in [1.807, 2.05) is 23.6 Å². The number of H-pyrrole nitrogens is 1. The Hall–Kier alpha value is -2.89. The quantitative estimate of drug-likeness (QED) is 0.666. The third kappa shape index (κ3) is 3.15. The molecule has 0 spiro atoms. The average molecular weight is 327 g/mol. The molecule has 0 unspecified atom stereocenters. The van der Waals surface area contributed by atoms with E-state index in [0.717, 1.165) is 10.6 Å². The van der Waals surface area contributed by atoms with Crippen molar-refractivity contribution < 1.29 is 9.90 Å². The van der Waals surface area contributed by atoms with Crippen molar-refractivity contribution in [1.82, 2.24) is 14.8 Å². The van der Waals surface area contributed by atoms with Crippen LogP contribution in [0.15, 0.2) is 35.8 Å². The molecule has 3 N–H and O–H groups in total. The van der Waals surface area contributed by atoms with Gasteiger partial charge in [0, 0.05) is 12.3 Å². The second-order valence-electron chi connectivity index (χ2n) is 4.71. The maximum atomic E-state index is 12.3. The van der Waals surface area contributed by atoms with Gasteiger partial charge in [-0.25, -0.2) is 4.68 Å². The summed E-state index contributed by atoms with van der Waals surface area (Å²) in [5.74, 6) is 0.145. The van der Waals surface area contributed by atoms with E-state index in [4.69, 9.17) is 10.4 Å². The van der Waals surface area contributed by atoms with Gasteiger partial charge in [0.05, 0.1) is 23.6 Å². The number of thiophene rings is 1. The first-order chi connectivity index (χ1) is 11.2. The third-order valence-electron chi connectivity index (χ3n) is 3.17. The molecule has 23 heavy (non-hydrogen) atoms. The van der Waals surface area contributed by atoms with Crippen LogP contribution in [0.5, 0.6) is 0 Å². The Balaban J connectivity index is 1.86. The largest absolute Gasteiger partial charge is 0.394 e. The number of hydrogen-bond acceptors (Lipinski definition) is 5. The first-order valence-corrected chi connectivity index (χ1v) is 7.71. The van der Waals surface area contributed by atoms with E-state index in [-0.39, 0.29) is 19.1 Å². The average Bonchev–Trinajstić information content (AvgIpc) is 3.28. The maximum Gasteiger partial charge on any atom is 0.258 e. The summed E-state index contributed by atoms with van der Waals surface area (Å²) in [6, 6.07) is 9.03. The van der Waals surface area contributed by atoms with E-state index in [0.29, 0.717) is 17.1 Å². The van der Waals surface area contributed by atoms with Gasteiger partial charge in [0.1, 0.15) is 23.3 Å². The number of aromatic nitrogens is 3. The van der Waals surface area contributed by atoms with Crippen LogP contribution < -0.4 is 5.32 Å². The van der Waals surface area contributed by atoms with Crippen LogP contribution in [0.1, 0.15) is 16.1 Å². The van der Waals surface area contributed by atoms with Crippen LogP contribution in [-0.2, 0) is 6.54 Å². The van der Waals surface area contributed by atoms with Crippen LogP contribution in [0.3, 0.4) is 0 Å². The molecule has 0 atom stereocenters. The zero-order valence-corrected chi connectivity index (χ0v) is 12.8. The van der Waals surface area contributed by atoms with E-state index in [2.05, 4.69) is 15.4 Å². The summed E-state index contributed by atoms with van der Waals surface area (Å²) < 4.78 is 1.55. The highest BCUT2D eigenvalue weighted by molar-refractivity contribution is 7.13. The molecule has 0 radical (unpaired) electrons. The maximum absolute atomic E-state index is 12.3. The molecular weight excluding hydrogens is 314 g/mol. The molecule has 0 aromatic carbocycles. The number of nitrogens with one attached hydrogen (secondary N) is 2. The zero-order chi connectivity index (χ0) is 16.2. The first kappa shape index (κ1) is 15.0. The van der Waals surface area contributed by atoms with E-state index in [9.17, 15) is 4.79 Å². The van der Waals surface area contributed by atoms with Crippen molar-refractivity contribution in [3.05, 3.63) is 47.1 Å². The van der Waals surface area contributed by atoms with Crippen LogP contribution in [0.2, 0.25) is 0 Å². The molecule has 3 heterocycles. The van der Waals surface area contributed by atoms with Gasteiger partial charge >= 0.3 is 0 Å². The topological polar surface area (TPSA) is 107 Å². The minimum absolute atomic E-state index is 0.0861. The Morgan fingerprint density at radius 3 is 3.04 bits per heavy atom. The van der Waals surface area contributed by atoms with Crippen molar-refractivity contribution in [3.8, 4) is 16.6 Å². The number of carbonyl (C=O) groups excluding carboxylic acids is 1. The molecule has 116 valence electrons. The molecule has 0 saturated heterocycles. The fourth-order valence-corrected chi connectivity index (χ4v) is 2.79. The number of aliphatic hydroxyl groups excluding tert-OH is 1. The molecular formula is C15H13N5O2S. The minimum atomic E-state index is -0.348. The van der Waals surface area contributed by atoms with Crippen LogP contribution in [0.4, 0.5) is 5.82 Å². The van der Waals surface area contributed by atoms with Crippen molar-refractivity contribution in [2.24, 2.45) is 0 Å². The molecule has 3 rings (SSSR count). The molecule has 8 heteroatoms. The second kappa shape index (κ2) is 6.48. The second-order valence-corrected chi connectivity index (χ2v) is 5.65. The summed E-state index contributed by atoms with van der Waals surface area (Å²) in [7, 11) is 0. The summed E-state index contributed by atoms with van der Waals surface area (Å²) in [6.07, 6.45) is 1.47. The van der Waals surface area contributed by atoms with E-state index in [1.165, 1.54) is 12.3 Å². The number of hydrogen-bond donors (Lipinski definition) is 3. The first-order valence-electron chi connectivity index (χ1n) is 6.83. The monoisotopic (exact) mass is 327 g/mol. The van der Waals surface area contributed by atoms with Crippen LogP contribution >= 0.6 is 11.3 Å². The van der Waals surface area contributed by atoms with E-state index < -0.39 is 0 Å². The number of nitrogens with zero attached hydrogens (tertiary/aromatic N) is 3. The van der Waals surface area contributed by atoms with Crippen molar-refractivity contribution in [1.29, 1.82) is 5.26 Å². The molecule has 0 bridgehead atoms. The summed E-state index contributed by atoms with van der Waals surface area (Å²) in [4.78, 5) is 15.9. The number of anilines is 1. The van der Waals surface area contributed by atoms with Gasteiger partial charge in [-0.2, -0.15) is 10.4 Å². The Kier molecular flexibility index (Phi) is 4.23. The summed E-state index contributed by atoms with van der Waals surface area (Å²) in [5, 5.41) is 27.1. The van der Waals surface area contributed by atoms with Crippen molar-refractivity contribution in [2.75, 3.05) is 11.9 Å². The van der Waals surface area contributed by atoms with Gasteiger partial charge < -0.3 is 15.4 Å². The number of rotatable bonds is 5. The summed E-state index contributed by atoms with van der Waals surface area (Å²) >= 11 is 1.55. The zero-order valence-electron chi connectivity index (χ0n) is 12.0. The Labute approximate surface area is 135 Å². The lowest BCUT2D eigenvalue weighted by Crippen LogP contribution is -2.16. The van der Waals surface area contributed by atoms with Gasteiger partial charge in [0.25, 0.3) is 5.91 Å². The fraction of sp³-hybridized carbons (Fsp3) is 0.133. The van der Waals surface area contributed by atoms with Gasteiger partial charge in [-0.15, -0.1) is 11.3 Å². The number of carbonyl (C=O) groups is 1. The SMILES string of the molecule is N#Cc1cc(C(=O)Nc2cc(-c3cccs3)nn2CCO)c[nH]1. The Morgan fingerprint density at radius 1 is 1.52 bits per heavy atom. The normalized spacial score (nSPS) is 10.4. The minimum Gasteiger partial charge on any atom is -0.394 e. The van der Waals surface area contributed by atoms with Gasteiger partial charge in [-0.3, -0.25) is 4.79 Å². The molecule has 0 aliphatic heterocycles. The number of aromatic amines is 1. The fourth-order valence-electron chi connectivity index (χ4n) is 2.11. The summed E-state index contributed by atoms with van der Waals surface area (Å²) in [5.41, 5.74) is 1.41. The highest BCUT2D eigenvalue weighted by Crippen LogP contribution is 2.26. The van der Waals surface area contributed by atoms with Gasteiger partial charge in [0.2, 0.25) is 0 Å². The lowest BCUT2D eigenvalue weighted by molar-refractivity contribution is 0.102. The molecule has 3 aromatic heterocycles. The molecule has 1 amide bonds. The third-order valence-corrected chi connectivity index (χ3v) is 4.07. The van der Waals surface area contributed by atoms with Crippen LogP contribution in [0, 0.1) is 11.3 Å². The Bertz CT molecular complexity index is 857. The van der Waals surface area contributed by atoms with Crippen molar-refractivity contribution in [3.63, 3.8) is 0 Å². The highest BCUT2D eigenvalue weighted by Gasteiger charge is 2.14. The standard InChI is InChI=1S/C15H13N5O2S/c16-8-11-6-10(9-17-11)15(22)18-14-7-12(13-2-1-5-23-13)19-20(14)3-4-21/h1-2,5-7,9,17,21H,3-4H2,(H,18,22).